The second-order valence-electron chi connectivity index (χ2n) is 6.39. The quantitative estimate of drug-likeness (QED) is 0.251. The first-order valence-electron chi connectivity index (χ1n) is 8.92. The van der Waals surface area contributed by atoms with E-state index in [1.807, 2.05) is 19.9 Å². The van der Waals surface area contributed by atoms with Gasteiger partial charge in [-0.05, 0) is 44.5 Å². The number of furan rings is 1. The Bertz CT molecular complexity index is 745. The Morgan fingerprint density at radius 3 is 2.71 bits per heavy atom. The first-order valence-corrected chi connectivity index (χ1v) is 8.92. The van der Waals surface area contributed by atoms with Crippen LogP contribution in [0.3, 0.4) is 0 Å². The van der Waals surface area contributed by atoms with Gasteiger partial charge < -0.3 is 25.5 Å². The number of halogens is 1. The van der Waals surface area contributed by atoms with Gasteiger partial charge in [-0.25, -0.2) is 9.98 Å². The van der Waals surface area contributed by atoms with Crippen LogP contribution in [0.25, 0.3) is 0 Å². The maximum Gasteiger partial charge on any atom is 0.227 e. The smallest absolute Gasteiger partial charge is 0.227 e. The molecule has 1 amide bonds. The molecule has 4 N–H and O–H groups in total. The molecule has 0 aliphatic heterocycles. The molecule has 0 spiro atoms. The van der Waals surface area contributed by atoms with E-state index in [1.165, 1.54) is 6.26 Å². The Hall–Kier alpha value is -2.14. The van der Waals surface area contributed by atoms with Gasteiger partial charge in [-0.1, -0.05) is 6.07 Å². The Balaban J connectivity index is 0.00000392. The molecule has 2 aromatic heterocycles. The first kappa shape index (κ1) is 23.9. The van der Waals surface area contributed by atoms with Crippen LogP contribution >= 0.6 is 24.0 Å². The van der Waals surface area contributed by atoms with Crippen molar-refractivity contribution in [3.8, 4) is 0 Å². The van der Waals surface area contributed by atoms with E-state index in [2.05, 4.69) is 25.9 Å². The topological polar surface area (TPSA) is 112 Å². The number of carbonyl (C=O) groups excluding carboxylic acids is 1. The zero-order valence-electron chi connectivity index (χ0n) is 16.4. The van der Waals surface area contributed by atoms with E-state index in [0.717, 1.165) is 5.56 Å². The van der Waals surface area contributed by atoms with Crippen molar-refractivity contribution in [1.82, 2.24) is 15.6 Å². The lowest BCUT2D eigenvalue weighted by molar-refractivity contribution is -0.116. The average molecular weight is 501 g/mol. The van der Waals surface area contributed by atoms with Crippen LogP contribution in [0.5, 0.6) is 0 Å². The van der Waals surface area contributed by atoms with Crippen molar-refractivity contribution in [2.45, 2.75) is 32.8 Å². The zero-order valence-corrected chi connectivity index (χ0v) is 18.7. The number of nitrogens with one attached hydrogen (secondary N) is 3. The number of pyridine rings is 1. The summed E-state index contributed by atoms with van der Waals surface area (Å²) in [6, 6.07) is 7.09. The summed E-state index contributed by atoms with van der Waals surface area (Å²) in [6.07, 6.45) is 3.47. The standard InChI is InChI=1S/C19H27N5O3.HI/c1-4-20-18(23-13-19(3,26)15-6-5-11-27-15)21-10-9-17(25)24-16-8-7-14(2)12-22-16;/h5-8,11-12,26H,4,9-10,13H2,1-3H3,(H2,20,21,23)(H,22,24,25);1H. The molecule has 0 radical (unpaired) electrons. The molecule has 9 heteroatoms. The summed E-state index contributed by atoms with van der Waals surface area (Å²) in [4.78, 5) is 20.5. The van der Waals surface area contributed by atoms with Gasteiger partial charge in [0.15, 0.2) is 5.96 Å². The van der Waals surface area contributed by atoms with Crippen molar-refractivity contribution in [2.24, 2.45) is 4.99 Å². The highest BCUT2D eigenvalue weighted by molar-refractivity contribution is 14.0. The fraction of sp³-hybridized carbons (Fsp3) is 0.421. The van der Waals surface area contributed by atoms with E-state index in [0.29, 0.717) is 30.6 Å². The van der Waals surface area contributed by atoms with Gasteiger partial charge in [-0.15, -0.1) is 24.0 Å². The van der Waals surface area contributed by atoms with Crippen LogP contribution in [-0.4, -0.2) is 41.6 Å². The molecule has 1 atom stereocenters. The number of aliphatic hydroxyl groups is 1. The summed E-state index contributed by atoms with van der Waals surface area (Å²) in [6.45, 7) is 6.70. The van der Waals surface area contributed by atoms with Gasteiger partial charge in [0.05, 0.1) is 12.8 Å². The van der Waals surface area contributed by atoms with Gasteiger partial charge in [0.25, 0.3) is 0 Å². The van der Waals surface area contributed by atoms with Crippen LogP contribution in [0.4, 0.5) is 5.82 Å². The number of amides is 1. The molecule has 8 nitrogen and oxygen atoms in total. The third-order valence-electron chi connectivity index (χ3n) is 3.76. The maximum atomic E-state index is 12.0. The summed E-state index contributed by atoms with van der Waals surface area (Å²) in [5.41, 5.74) is -0.174. The minimum Gasteiger partial charge on any atom is -0.466 e. The lowest BCUT2D eigenvalue weighted by Gasteiger charge is -2.19. The van der Waals surface area contributed by atoms with Crippen molar-refractivity contribution in [2.75, 3.05) is 25.0 Å². The average Bonchev–Trinajstić information content (AvgIpc) is 3.17. The second-order valence-corrected chi connectivity index (χ2v) is 6.39. The molecule has 0 saturated heterocycles. The van der Waals surface area contributed by atoms with Crippen LogP contribution in [0.15, 0.2) is 46.1 Å². The van der Waals surface area contributed by atoms with Crippen molar-refractivity contribution in [3.63, 3.8) is 0 Å². The largest absolute Gasteiger partial charge is 0.466 e. The molecule has 0 fully saturated rings. The monoisotopic (exact) mass is 501 g/mol. The first-order chi connectivity index (χ1) is 12.9. The highest BCUT2D eigenvalue weighted by atomic mass is 127. The third-order valence-corrected chi connectivity index (χ3v) is 3.76. The minimum absolute atomic E-state index is 0. The number of carbonyl (C=O) groups is 1. The Morgan fingerprint density at radius 2 is 2.11 bits per heavy atom. The summed E-state index contributed by atoms with van der Waals surface area (Å²) in [5.74, 6) is 1.36. The molecular formula is C19H28IN5O3. The van der Waals surface area contributed by atoms with Gasteiger partial charge in [0, 0.05) is 25.7 Å². The van der Waals surface area contributed by atoms with E-state index >= 15 is 0 Å². The van der Waals surface area contributed by atoms with Crippen LogP contribution in [0, 0.1) is 6.92 Å². The van der Waals surface area contributed by atoms with Crippen LogP contribution < -0.4 is 16.0 Å². The molecule has 0 aromatic carbocycles. The van der Waals surface area contributed by atoms with Crippen LogP contribution in [0.1, 0.15) is 31.6 Å². The third kappa shape index (κ3) is 7.85. The van der Waals surface area contributed by atoms with Crippen molar-refractivity contribution < 1.29 is 14.3 Å². The zero-order chi connectivity index (χ0) is 19.7. The predicted molar refractivity (Wildman–Crippen MR) is 120 cm³/mol. The summed E-state index contributed by atoms with van der Waals surface area (Å²) < 4.78 is 5.25. The number of guanidine groups is 1. The van der Waals surface area contributed by atoms with Crippen LogP contribution in [0.2, 0.25) is 0 Å². The van der Waals surface area contributed by atoms with E-state index in [9.17, 15) is 9.90 Å². The van der Waals surface area contributed by atoms with Gasteiger partial charge >= 0.3 is 0 Å². The lowest BCUT2D eigenvalue weighted by Crippen LogP contribution is -2.40. The molecule has 0 bridgehead atoms. The summed E-state index contributed by atoms with van der Waals surface area (Å²) in [5, 5.41) is 19.4. The molecule has 2 heterocycles. The van der Waals surface area contributed by atoms with E-state index in [-0.39, 0.29) is 42.8 Å². The number of nitrogens with zero attached hydrogens (tertiary/aromatic N) is 2. The lowest BCUT2D eigenvalue weighted by atomic mass is 10.0. The number of hydrogen-bond acceptors (Lipinski definition) is 5. The van der Waals surface area contributed by atoms with Crippen molar-refractivity contribution in [3.05, 3.63) is 48.0 Å². The molecule has 2 rings (SSSR count). The molecule has 2 aromatic rings. The van der Waals surface area contributed by atoms with E-state index < -0.39 is 5.60 Å². The summed E-state index contributed by atoms with van der Waals surface area (Å²) in [7, 11) is 0. The molecule has 154 valence electrons. The SMILES string of the molecule is CCNC(=NCC(C)(O)c1ccco1)NCCC(=O)Nc1ccc(C)cn1.I. The number of hydrogen-bond donors (Lipinski definition) is 4. The number of aliphatic imine (C=N–C) groups is 1. The number of rotatable bonds is 8. The number of aryl methyl sites for hydroxylation is 1. The molecule has 28 heavy (non-hydrogen) atoms. The van der Waals surface area contributed by atoms with Crippen LogP contribution in [-0.2, 0) is 10.4 Å². The maximum absolute atomic E-state index is 12.0. The normalized spacial score (nSPS) is 13.2. The second kappa shape index (κ2) is 11.6. The van der Waals surface area contributed by atoms with Crippen molar-refractivity contribution in [1.29, 1.82) is 0 Å². The van der Waals surface area contributed by atoms with Gasteiger partial charge in [-0.2, -0.15) is 0 Å². The fourth-order valence-electron chi connectivity index (χ4n) is 2.28. The van der Waals surface area contributed by atoms with Crippen molar-refractivity contribution >= 4 is 41.7 Å². The predicted octanol–water partition coefficient (Wildman–Crippen LogP) is 2.39. The Kier molecular flexibility index (Phi) is 9.94. The Morgan fingerprint density at radius 1 is 1.32 bits per heavy atom. The Labute approximate surface area is 182 Å². The molecule has 0 saturated carbocycles. The minimum atomic E-state index is -1.21. The molecule has 1 unspecified atom stereocenters. The number of aromatic nitrogens is 1. The molecule has 0 aliphatic rings. The van der Waals surface area contributed by atoms with Gasteiger partial charge in [0.2, 0.25) is 5.91 Å². The molecular weight excluding hydrogens is 473 g/mol. The molecule has 0 aliphatic carbocycles. The van der Waals surface area contributed by atoms with E-state index in [4.69, 9.17) is 4.42 Å². The van der Waals surface area contributed by atoms with E-state index in [1.54, 1.807) is 31.3 Å². The van der Waals surface area contributed by atoms with Gasteiger partial charge in [0.1, 0.15) is 17.2 Å². The highest BCUT2D eigenvalue weighted by Crippen LogP contribution is 2.20. The van der Waals surface area contributed by atoms with Gasteiger partial charge in [-0.3, -0.25) is 4.79 Å². The highest BCUT2D eigenvalue weighted by Gasteiger charge is 2.26. The fourth-order valence-corrected chi connectivity index (χ4v) is 2.28. The number of anilines is 1. The summed E-state index contributed by atoms with van der Waals surface area (Å²) >= 11 is 0.